The first kappa shape index (κ1) is 14.6. The number of furan rings is 1. The Labute approximate surface area is 119 Å². The van der Waals surface area contributed by atoms with E-state index in [1.807, 2.05) is 6.92 Å². The topological polar surface area (TPSA) is 69.3 Å². The van der Waals surface area contributed by atoms with Gasteiger partial charge in [0.05, 0.1) is 6.54 Å². The van der Waals surface area contributed by atoms with Crippen molar-refractivity contribution in [1.29, 1.82) is 5.26 Å². The zero-order chi connectivity index (χ0) is 14.5. The van der Waals surface area contributed by atoms with Gasteiger partial charge in [0.1, 0.15) is 17.4 Å². The first-order valence-electron chi connectivity index (χ1n) is 7.14. The molecule has 0 radical (unpaired) electrons. The van der Waals surface area contributed by atoms with Crippen LogP contribution in [-0.2, 0) is 4.79 Å². The van der Waals surface area contributed by atoms with Crippen LogP contribution in [0.3, 0.4) is 0 Å². The first-order chi connectivity index (χ1) is 9.61. The summed E-state index contributed by atoms with van der Waals surface area (Å²) < 4.78 is 5.45. The summed E-state index contributed by atoms with van der Waals surface area (Å²) in [6, 6.07) is 2.08. The summed E-state index contributed by atoms with van der Waals surface area (Å²) in [4.78, 5) is 14.2. The predicted octanol–water partition coefficient (Wildman–Crippen LogP) is 2.58. The lowest BCUT2D eigenvalue weighted by molar-refractivity contribution is -0.117. The number of anilines is 1. The van der Waals surface area contributed by atoms with Gasteiger partial charge in [0, 0.05) is 5.56 Å². The minimum atomic E-state index is -0.114. The number of likely N-dealkylation sites (tertiary alicyclic amines) is 1. The molecule has 5 heteroatoms. The minimum absolute atomic E-state index is 0.114. The smallest absolute Gasteiger partial charge is 0.240 e. The molecule has 0 aliphatic carbocycles. The average Bonchev–Trinajstić information content (AvgIpc) is 2.61. The van der Waals surface area contributed by atoms with E-state index in [0.29, 0.717) is 17.9 Å². The molecule has 5 nitrogen and oxygen atoms in total. The zero-order valence-electron chi connectivity index (χ0n) is 12.2. The summed E-state index contributed by atoms with van der Waals surface area (Å²) in [5, 5.41) is 11.8. The van der Waals surface area contributed by atoms with Gasteiger partial charge in [-0.3, -0.25) is 15.0 Å². The highest BCUT2D eigenvalue weighted by Crippen LogP contribution is 2.25. The Bertz CT molecular complexity index is 520. The van der Waals surface area contributed by atoms with Gasteiger partial charge in [-0.25, -0.2) is 0 Å². The van der Waals surface area contributed by atoms with Crippen molar-refractivity contribution in [2.24, 2.45) is 0 Å². The van der Waals surface area contributed by atoms with Crippen LogP contribution in [0.15, 0.2) is 4.42 Å². The van der Waals surface area contributed by atoms with Gasteiger partial charge in [-0.1, -0.05) is 12.8 Å². The number of nitrogens with zero attached hydrogens (tertiary/aromatic N) is 2. The third kappa shape index (κ3) is 3.40. The molecule has 1 aromatic rings. The molecule has 2 rings (SSSR count). The molecule has 0 bridgehead atoms. The number of nitrogens with one attached hydrogen (secondary N) is 1. The van der Waals surface area contributed by atoms with Crippen molar-refractivity contribution < 1.29 is 9.21 Å². The number of carbonyl (C=O) groups excluding carboxylic acids is 1. The third-order valence-corrected chi connectivity index (χ3v) is 3.82. The molecule has 0 spiro atoms. The Balaban J connectivity index is 1.97. The molecule has 1 aliphatic heterocycles. The Morgan fingerprint density at radius 2 is 1.95 bits per heavy atom. The summed E-state index contributed by atoms with van der Waals surface area (Å²) in [6.45, 7) is 5.91. The van der Waals surface area contributed by atoms with Crippen molar-refractivity contribution >= 4 is 11.8 Å². The zero-order valence-corrected chi connectivity index (χ0v) is 12.2. The van der Waals surface area contributed by atoms with E-state index in [2.05, 4.69) is 16.3 Å². The summed E-state index contributed by atoms with van der Waals surface area (Å²) in [7, 11) is 0. The quantitative estimate of drug-likeness (QED) is 0.920. The highest BCUT2D eigenvalue weighted by molar-refractivity contribution is 5.92. The molecule has 1 saturated heterocycles. The molecule has 0 unspecified atom stereocenters. The largest absolute Gasteiger partial charge is 0.444 e. The normalized spacial score (nSPS) is 16.4. The maximum Gasteiger partial charge on any atom is 0.240 e. The summed E-state index contributed by atoms with van der Waals surface area (Å²) >= 11 is 0. The summed E-state index contributed by atoms with van der Waals surface area (Å²) in [5.41, 5.74) is 1.21. The van der Waals surface area contributed by atoms with Crippen LogP contribution in [-0.4, -0.2) is 30.4 Å². The van der Waals surface area contributed by atoms with E-state index < -0.39 is 0 Å². The molecule has 0 aromatic carbocycles. The number of hydrogen-bond donors (Lipinski definition) is 1. The molecule has 20 heavy (non-hydrogen) atoms. The first-order valence-corrected chi connectivity index (χ1v) is 7.14. The van der Waals surface area contributed by atoms with E-state index in [9.17, 15) is 4.79 Å². The van der Waals surface area contributed by atoms with Crippen molar-refractivity contribution in [2.75, 3.05) is 25.0 Å². The lowest BCUT2D eigenvalue weighted by atomic mass is 10.2. The molecule has 1 aliphatic rings. The maximum absolute atomic E-state index is 12.1. The van der Waals surface area contributed by atoms with E-state index >= 15 is 0 Å². The van der Waals surface area contributed by atoms with Crippen LogP contribution >= 0.6 is 0 Å². The Kier molecular flexibility index (Phi) is 4.80. The van der Waals surface area contributed by atoms with Crippen molar-refractivity contribution in [3.8, 4) is 6.07 Å². The highest BCUT2D eigenvalue weighted by Gasteiger charge is 2.18. The number of aryl methyl sites for hydroxylation is 1. The van der Waals surface area contributed by atoms with Gasteiger partial charge >= 0.3 is 0 Å². The predicted molar refractivity (Wildman–Crippen MR) is 76.4 cm³/mol. The van der Waals surface area contributed by atoms with Crippen molar-refractivity contribution in [2.45, 2.75) is 39.5 Å². The summed E-state index contributed by atoms with van der Waals surface area (Å²) in [5.74, 6) is 0.839. The molecule has 0 saturated carbocycles. The number of nitriles is 1. The standard InChI is InChI=1S/C15H21N3O2/c1-11-12(2)20-15(13(11)9-16)17-14(19)10-18-7-5-3-4-6-8-18/h3-8,10H2,1-2H3,(H,17,19). The molecule has 1 amide bonds. The van der Waals surface area contributed by atoms with Gasteiger partial charge in [-0.2, -0.15) is 5.26 Å². The molecule has 0 atom stereocenters. The number of hydrogen-bond acceptors (Lipinski definition) is 4. The van der Waals surface area contributed by atoms with Crippen LogP contribution in [0.4, 0.5) is 5.88 Å². The number of carbonyl (C=O) groups is 1. The molecular formula is C15H21N3O2. The lowest BCUT2D eigenvalue weighted by Gasteiger charge is -2.18. The van der Waals surface area contributed by atoms with E-state index in [1.165, 1.54) is 12.8 Å². The molecule has 2 heterocycles. The van der Waals surface area contributed by atoms with Crippen LogP contribution in [0, 0.1) is 25.2 Å². The molecule has 108 valence electrons. The van der Waals surface area contributed by atoms with Gasteiger partial charge in [0.15, 0.2) is 0 Å². The van der Waals surface area contributed by atoms with E-state index in [4.69, 9.17) is 9.68 Å². The second kappa shape index (κ2) is 6.58. The second-order valence-electron chi connectivity index (χ2n) is 5.34. The van der Waals surface area contributed by atoms with Crippen LogP contribution in [0.2, 0.25) is 0 Å². The second-order valence-corrected chi connectivity index (χ2v) is 5.34. The fraction of sp³-hybridized carbons (Fsp3) is 0.600. The fourth-order valence-corrected chi connectivity index (χ4v) is 2.51. The monoisotopic (exact) mass is 275 g/mol. The van der Waals surface area contributed by atoms with Gasteiger partial charge in [0.2, 0.25) is 11.8 Å². The van der Waals surface area contributed by atoms with E-state index in [1.54, 1.807) is 6.92 Å². The van der Waals surface area contributed by atoms with E-state index in [0.717, 1.165) is 31.5 Å². The van der Waals surface area contributed by atoms with Crippen LogP contribution in [0.25, 0.3) is 0 Å². The number of rotatable bonds is 3. The highest BCUT2D eigenvalue weighted by atomic mass is 16.4. The fourth-order valence-electron chi connectivity index (χ4n) is 2.51. The molecule has 1 aromatic heterocycles. The Morgan fingerprint density at radius 1 is 1.30 bits per heavy atom. The van der Waals surface area contributed by atoms with Crippen molar-refractivity contribution in [3.63, 3.8) is 0 Å². The Hall–Kier alpha value is -1.80. The van der Waals surface area contributed by atoms with Crippen LogP contribution in [0.1, 0.15) is 42.6 Å². The number of amides is 1. The van der Waals surface area contributed by atoms with Gasteiger partial charge in [0.25, 0.3) is 0 Å². The molecule has 1 fully saturated rings. The lowest BCUT2D eigenvalue weighted by Crippen LogP contribution is -2.33. The molecule has 1 N–H and O–H groups in total. The SMILES string of the molecule is Cc1oc(NC(=O)CN2CCCCCC2)c(C#N)c1C. The van der Waals surface area contributed by atoms with Crippen molar-refractivity contribution in [1.82, 2.24) is 4.90 Å². The molecular weight excluding hydrogens is 254 g/mol. The van der Waals surface area contributed by atoms with Crippen LogP contribution < -0.4 is 5.32 Å². The van der Waals surface area contributed by atoms with Crippen molar-refractivity contribution in [3.05, 3.63) is 16.9 Å². The maximum atomic E-state index is 12.1. The van der Waals surface area contributed by atoms with Gasteiger partial charge in [-0.05, 0) is 39.8 Å². The minimum Gasteiger partial charge on any atom is -0.444 e. The third-order valence-electron chi connectivity index (χ3n) is 3.82. The van der Waals surface area contributed by atoms with Gasteiger partial charge in [-0.15, -0.1) is 0 Å². The Morgan fingerprint density at radius 3 is 2.55 bits per heavy atom. The van der Waals surface area contributed by atoms with Gasteiger partial charge < -0.3 is 4.42 Å². The van der Waals surface area contributed by atoms with Crippen LogP contribution in [0.5, 0.6) is 0 Å². The summed E-state index contributed by atoms with van der Waals surface area (Å²) in [6.07, 6.45) is 4.78. The van der Waals surface area contributed by atoms with E-state index in [-0.39, 0.29) is 11.8 Å². The average molecular weight is 275 g/mol.